The first-order valence-corrected chi connectivity index (χ1v) is 5.24. The number of rotatable bonds is 3. The third-order valence-electron chi connectivity index (χ3n) is 3.11. The highest BCUT2D eigenvalue weighted by molar-refractivity contribution is 4.83. The lowest BCUT2D eigenvalue weighted by Crippen LogP contribution is -2.51. The van der Waals surface area contributed by atoms with Crippen LogP contribution in [0.15, 0.2) is 0 Å². The Bertz CT molecular complexity index is 157. The summed E-state index contributed by atoms with van der Waals surface area (Å²) in [5.74, 6) is 0. The van der Waals surface area contributed by atoms with Crippen LogP contribution in [0.4, 0.5) is 0 Å². The van der Waals surface area contributed by atoms with Crippen molar-refractivity contribution in [1.82, 2.24) is 4.90 Å². The van der Waals surface area contributed by atoms with E-state index >= 15 is 0 Å². The Kier molecular flexibility index (Phi) is 3.19. The van der Waals surface area contributed by atoms with Crippen molar-refractivity contribution in [3.63, 3.8) is 0 Å². The maximum absolute atomic E-state index is 5.60. The molecule has 3 nitrogen and oxygen atoms in total. The molecule has 0 N–H and O–H groups in total. The molecule has 0 bridgehead atoms. The minimum absolute atomic E-state index is 0.305. The molecule has 1 aliphatic carbocycles. The zero-order chi connectivity index (χ0) is 9.10. The molecule has 1 heterocycles. The van der Waals surface area contributed by atoms with Crippen molar-refractivity contribution in [2.24, 2.45) is 0 Å². The second-order valence-electron chi connectivity index (χ2n) is 4.03. The Morgan fingerprint density at radius 3 is 2.92 bits per heavy atom. The quantitative estimate of drug-likeness (QED) is 0.651. The van der Waals surface area contributed by atoms with Crippen LogP contribution in [-0.2, 0) is 9.47 Å². The lowest BCUT2D eigenvalue weighted by molar-refractivity contribution is -0.0802. The Morgan fingerprint density at radius 1 is 1.46 bits per heavy atom. The highest BCUT2D eigenvalue weighted by atomic mass is 16.5. The molecule has 1 saturated carbocycles. The Hall–Kier alpha value is -0.120. The largest absolute Gasteiger partial charge is 0.382 e. The van der Waals surface area contributed by atoms with E-state index < -0.39 is 0 Å². The molecule has 2 aliphatic rings. The van der Waals surface area contributed by atoms with Gasteiger partial charge in [-0.1, -0.05) is 6.42 Å². The van der Waals surface area contributed by atoms with Crippen molar-refractivity contribution in [2.75, 3.05) is 33.4 Å². The smallest absolute Gasteiger partial charge is 0.0935 e. The van der Waals surface area contributed by atoms with E-state index in [1.54, 1.807) is 7.11 Å². The van der Waals surface area contributed by atoms with Gasteiger partial charge in [-0.2, -0.15) is 0 Å². The summed E-state index contributed by atoms with van der Waals surface area (Å²) in [6.07, 6.45) is 4.50. The number of hydrogen-bond donors (Lipinski definition) is 0. The predicted molar refractivity (Wildman–Crippen MR) is 50.8 cm³/mol. The number of ether oxygens (including phenoxy) is 2. The molecular weight excluding hydrogens is 166 g/mol. The van der Waals surface area contributed by atoms with E-state index in [1.807, 2.05) is 0 Å². The molecule has 0 aromatic rings. The summed E-state index contributed by atoms with van der Waals surface area (Å²) in [6, 6.07) is 0.850. The maximum atomic E-state index is 5.60. The van der Waals surface area contributed by atoms with E-state index in [0.717, 1.165) is 32.3 Å². The summed E-state index contributed by atoms with van der Waals surface area (Å²) in [7, 11) is 1.74. The van der Waals surface area contributed by atoms with Gasteiger partial charge in [0.1, 0.15) is 0 Å². The Balaban J connectivity index is 1.77. The molecule has 13 heavy (non-hydrogen) atoms. The van der Waals surface area contributed by atoms with Crippen LogP contribution in [0.2, 0.25) is 0 Å². The van der Waals surface area contributed by atoms with Gasteiger partial charge in [0.25, 0.3) is 0 Å². The molecule has 3 heteroatoms. The second-order valence-corrected chi connectivity index (χ2v) is 4.03. The van der Waals surface area contributed by atoms with Gasteiger partial charge < -0.3 is 9.47 Å². The van der Waals surface area contributed by atoms with Crippen molar-refractivity contribution in [3.05, 3.63) is 0 Å². The lowest BCUT2D eigenvalue weighted by atomic mass is 9.91. The summed E-state index contributed by atoms with van der Waals surface area (Å²) >= 11 is 0. The van der Waals surface area contributed by atoms with Crippen molar-refractivity contribution in [1.29, 1.82) is 0 Å². The van der Waals surface area contributed by atoms with Crippen molar-refractivity contribution in [3.8, 4) is 0 Å². The van der Waals surface area contributed by atoms with E-state index in [9.17, 15) is 0 Å². The Morgan fingerprint density at radius 2 is 2.31 bits per heavy atom. The van der Waals surface area contributed by atoms with Crippen LogP contribution in [0, 0.1) is 0 Å². The second kappa shape index (κ2) is 4.40. The standard InChI is InChI=1S/C10H19NO2/c1-12-8-10-7-11(5-6-13-10)9-3-2-4-9/h9-10H,2-8H2,1H3. The zero-order valence-corrected chi connectivity index (χ0v) is 8.37. The highest BCUT2D eigenvalue weighted by Crippen LogP contribution is 2.26. The molecule has 1 atom stereocenters. The van der Waals surface area contributed by atoms with Crippen molar-refractivity contribution < 1.29 is 9.47 Å². The molecule has 1 aliphatic heterocycles. The van der Waals surface area contributed by atoms with Gasteiger partial charge in [-0.05, 0) is 12.8 Å². The molecule has 1 saturated heterocycles. The van der Waals surface area contributed by atoms with Gasteiger partial charge in [-0.3, -0.25) is 4.90 Å². The summed E-state index contributed by atoms with van der Waals surface area (Å²) < 4.78 is 10.7. The molecular formula is C10H19NO2. The number of nitrogens with zero attached hydrogens (tertiary/aromatic N) is 1. The first-order chi connectivity index (χ1) is 6.40. The molecule has 0 amide bonds. The minimum Gasteiger partial charge on any atom is -0.382 e. The van der Waals surface area contributed by atoms with Crippen LogP contribution >= 0.6 is 0 Å². The number of morpholine rings is 1. The van der Waals surface area contributed by atoms with Crippen LogP contribution < -0.4 is 0 Å². The average Bonchev–Trinajstić information content (AvgIpc) is 2.02. The van der Waals surface area contributed by atoms with E-state index in [-0.39, 0.29) is 0 Å². The average molecular weight is 185 g/mol. The third kappa shape index (κ3) is 2.22. The van der Waals surface area contributed by atoms with Crippen molar-refractivity contribution >= 4 is 0 Å². The van der Waals surface area contributed by atoms with Crippen LogP contribution in [-0.4, -0.2) is 50.5 Å². The van der Waals surface area contributed by atoms with Gasteiger partial charge in [-0.15, -0.1) is 0 Å². The van der Waals surface area contributed by atoms with Crippen LogP contribution in [0.5, 0.6) is 0 Å². The van der Waals surface area contributed by atoms with Gasteiger partial charge in [0, 0.05) is 26.2 Å². The van der Waals surface area contributed by atoms with Crippen LogP contribution in [0.25, 0.3) is 0 Å². The topological polar surface area (TPSA) is 21.7 Å². The number of hydrogen-bond acceptors (Lipinski definition) is 3. The molecule has 0 aromatic carbocycles. The maximum Gasteiger partial charge on any atom is 0.0935 e. The van der Waals surface area contributed by atoms with Gasteiger partial charge in [-0.25, -0.2) is 0 Å². The van der Waals surface area contributed by atoms with E-state index in [4.69, 9.17) is 9.47 Å². The molecule has 2 fully saturated rings. The van der Waals surface area contributed by atoms with E-state index in [2.05, 4.69) is 4.90 Å². The fraction of sp³-hybridized carbons (Fsp3) is 1.00. The van der Waals surface area contributed by atoms with E-state index in [1.165, 1.54) is 19.3 Å². The van der Waals surface area contributed by atoms with Gasteiger partial charge >= 0.3 is 0 Å². The van der Waals surface area contributed by atoms with E-state index in [0.29, 0.717) is 6.10 Å². The highest BCUT2D eigenvalue weighted by Gasteiger charge is 2.29. The summed E-state index contributed by atoms with van der Waals surface area (Å²) in [5.41, 5.74) is 0. The molecule has 0 aromatic heterocycles. The first kappa shape index (κ1) is 9.44. The monoisotopic (exact) mass is 185 g/mol. The molecule has 2 rings (SSSR count). The molecule has 0 radical (unpaired) electrons. The fourth-order valence-electron chi connectivity index (χ4n) is 2.11. The van der Waals surface area contributed by atoms with Crippen molar-refractivity contribution in [2.45, 2.75) is 31.4 Å². The van der Waals surface area contributed by atoms with Gasteiger partial charge in [0.05, 0.1) is 19.3 Å². The first-order valence-electron chi connectivity index (χ1n) is 5.24. The fourth-order valence-corrected chi connectivity index (χ4v) is 2.11. The van der Waals surface area contributed by atoms with Crippen LogP contribution in [0.3, 0.4) is 0 Å². The molecule has 0 spiro atoms. The third-order valence-corrected chi connectivity index (χ3v) is 3.11. The predicted octanol–water partition coefficient (Wildman–Crippen LogP) is 0.886. The molecule has 1 unspecified atom stereocenters. The summed E-state index contributed by atoms with van der Waals surface area (Å²) in [5, 5.41) is 0. The summed E-state index contributed by atoms with van der Waals surface area (Å²) in [4.78, 5) is 2.57. The SMILES string of the molecule is COCC1CN(C2CCC2)CCO1. The molecule has 76 valence electrons. The van der Waals surface area contributed by atoms with Gasteiger partial charge in [0.15, 0.2) is 0 Å². The number of methoxy groups -OCH3 is 1. The Labute approximate surface area is 80.0 Å². The van der Waals surface area contributed by atoms with Gasteiger partial charge in [0.2, 0.25) is 0 Å². The van der Waals surface area contributed by atoms with Crippen LogP contribution in [0.1, 0.15) is 19.3 Å². The lowest BCUT2D eigenvalue weighted by Gasteiger charge is -2.42. The zero-order valence-electron chi connectivity index (χ0n) is 8.37. The minimum atomic E-state index is 0.305. The summed E-state index contributed by atoms with van der Waals surface area (Å²) in [6.45, 7) is 3.80. The normalized spacial score (nSPS) is 31.6.